The Hall–Kier alpha value is -6.17. The zero-order valence-electron chi connectivity index (χ0n) is 30.7. The summed E-state index contributed by atoms with van der Waals surface area (Å²) in [6, 6.07) is 39.2. The summed E-state index contributed by atoms with van der Waals surface area (Å²) in [5, 5.41) is 8.62. The van der Waals surface area contributed by atoms with E-state index in [9.17, 15) is 19.2 Å². The summed E-state index contributed by atoms with van der Waals surface area (Å²) in [5.74, 6) is -0.329. The van der Waals surface area contributed by atoms with Gasteiger partial charge in [-0.1, -0.05) is 78.9 Å². The fraction of sp³-hybridized carbons (Fsp3) is 0.156. The molecule has 0 radical (unpaired) electrons. The standard InChI is InChI=1S/C45H39N3O6S2/c1-28(41(49)48-44-40(45(52)53-2)36-24-18-32(26-39(36)56-44)29-12-6-3-7-13-29)55-35-22-19-33(20-23-35)46-43(51)37(47-42(50)31-16-10-5-11-17-31)27-34-21-25-38(54-34)30-14-8-4-9-15-30/h3-17,19-23,25,27-28,32H,18,24,26H2,1-2H3,(H,46,51)(H,47,50)(H,48,49)/b37-27-/t28-,32-/m1/s1. The van der Waals surface area contributed by atoms with Gasteiger partial charge in [0.15, 0.2) is 0 Å². The van der Waals surface area contributed by atoms with E-state index in [0.29, 0.717) is 39.3 Å². The second-order valence-electron chi connectivity index (χ2n) is 13.2. The number of esters is 1. The van der Waals surface area contributed by atoms with Gasteiger partial charge < -0.3 is 25.1 Å². The fourth-order valence-corrected chi connectivity index (χ4v) is 8.75. The zero-order valence-corrected chi connectivity index (χ0v) is 32.4. The first-order chi connectivity index (χ1) is 27.2. The van der Waals surface area contributed by atoms with Crippen molar-refractivity contribution in [2.45, 2.75) is 42.2 Å². The maximum atomic E-state index is 13.6. The van der Waals surface area contributed by atoms with E-state index in [-0.39, 0.29) is 11.6 Å². The number of fused-ring (bicyclic) bond motifs is 1. The van der Waals surface area contributed by atoms with Gasteiger partial charge in [-0.2, -0.15) is 0 Å². The average molecular weight is 782 g/mol. The Kier molecular flexibility index (Phi) is 11.9. The SMILES string of the molecule is COC(=O)c1c(NC(=O)[C@@H](C)Sc2ccc(NC(=O)/C(=C/c3ccc(-c4ccccc4)o3)NC(=O)c3ccccc3)cc2)sc2c1CC[C@@H](c1ccccc1)C2. The molecule has 0 aliphatic heterocycles. The van der Waals surface area contributed by atoms with Crippen LogP contribution in [0.4, 0.5) is 10.7 Å². The number of nitrogens with one attached hydrogen (secondary N) is 3. The Morgan fingerprint density at radius 3 is 2.21 bits per heavy atom. The maximum absolute atomic E-state index is 13.6. The molecule has 7 rings (SSSR count). The topological polar surface area (TPSA) is 127 Å². The summed E-state index contributed by atoms with van der Waals surface area (Å²) >= 11 is 2.80. The first kappa shape index (κ1) is 38.1. The monoisotopic (exact) mass is 781 g/mol. The summed E-state index contributed by atoms with van der Waals surface area (Å²) in [6.07, 6.45) is 3.93. The Labute approximate surface area is 333 Å². The van der Waals surface area contributed by atoms with E-state index in [4.69, 9.17) is 9.15 Å². The van der Waals surface area contributed by atoms with Crippen molar-refractivity contribution in [1.82, 2.24) is 5.32 Å². The van der Waals surface area contributed by atoms with Gasteiger partial charge in [-0.25, -0.2) is 4.79 Å². The molecule has 1 aliphatic carbocycles. The lowest BCUT2D eigenvalue weighted by molar-refractivity contribution is -0.115. The Bertz CT molecular complexity index is 2370. The molecule has 1 aliphatic rings. The van der Waals surface area contributed by atoms with E-state index in [1.165, 1.54) is 41.8 Å². The van der Waals surface area contributed by atoms with Crippen LogP contribution in [0.25, 0.3) is 17.4 Å². The largest absolute Gasteiger partial charge is 0.465 e. The van der Waals surface area contributed by atoms with E-state index in [0.717, 1.165) is 40.2 Å². The highest BCUT2D eigenvalue weighted by atomic mass is 32.2. The Balaban J connectivity index is 1.02. The van der Waals surface area contributed by atoms with Crippen molar-refractivity contribution >= 4 is 63.6 Å². The molecule has 2 atom stereocenters. The van der Waals surface area contributed by atoms with E-state index >= 15 is 0 Å². The smallest absolute Gasteiger partial charge is 0.341 e. The molecule has 0 saturated carbocycles. The van der Waals surface area contributed by atoms with Crippen LogP contribution in [0.15, 0.2) is 142 Å². The fourth-order valence-electron chi connectivity index (χ4n) is 6.56. The number of hydrogen-bond acceptors (Lipinski definition) is 8. The van der Waals surface area contributed by atoms with Gasteiger partial charge in [0.05, 0.1) is 17.9 Å². The number of thioether (sulfide) groups is 1. The minimum absolute atomic E-state index is 0.00581. The van der Waals surface area contributed by atoms with Crippen LogP contribution in [0.1, 0.15) is 61.7 Å². The first-order valence-corrected chi connectivity index (χ1v) is 19.9. The molecule has 0 saturated heterocycles. The zero-order chi connectivity index (χ0) is 39.0. The number of benzene rings is 4. The van der Waals surface area contributed by atoms with E-state index in [1.54, 1.807) is 61.5 Å². The van der Waals surface area contributed by atoms with E-state index in [2.05, 4.69) is 28.1 Å². The number of anilines is 2. The van der Waals surface area contributed by atoms with Crippen molar-refractivity contribution in [3.05, 3.63) is 166 Å². The normalized spacial score (nSPS) is 14.2. The predicted octanol–water partition coefficient (Wildman–Crippen LogP) is 9.60. The number of thiophene rings is 1. The van der Waals surface area contributed by atoms with Crippen LogP contribution in [0.3, 0.4) is 0 Å². The summed E-state index contributed by atoms with van der Waals surface area (Å²) in [7, 11) is 1.36. The van der Waals surface area contributed by atoms with Crippen molar-refractivity contribution in [2.24, 2.45) is 0 Å². The lowest BCUT2D eigenvalue weighted by Crippen LogP contribution is -2.30. The van der Waals surface area contributed by atoms with Crippen molar-refractivity contribution < 1.29 is 28.3 Å². The molecule has 2 heterocycles. The number of rotatable bonds is 12. The molecule has 0 spiro atoms. The molecule has 56 heavy (non-hydrogen) atoms. The molecule has 4 aromatic carbocycles. The molecule has 9 nitrogen and oxygen atoms in total. The summed E-state index contributed by atoms with van der Waals surface area (Å²) in [5.41, 5.74) is 4.43. The number of ether oxygens (including phenoxy) is 1. The maximum Gasteiger partial charge on any atom is 0.341 e. The third-order valence-electron chi connectivity index (χ3n) is 9.46. The number of amides is 3. The van der Waals surface area contributed by atoms with Crippen LogP contribution >= 0.6 is 23.1 Å². The van der Waals surface area contributed by atoms with Gasteiger partial charge in [0.2, 0.25) is 5.91 Å². The predicted molar refractivity (Wildman–Crippen MR) is 222 cm³/mol. The number of carbonyl (C=O) groups is 4. The first-order valence-electron chi connectivity index (χ1n) is 18.2. The van der Waals surface area contributed by atoms with Crippen LogP contribution in [0.5, 0.6) is 0 Å². The third kappa shape index (κ3) is 9.02. The van der Waals surface area contributed by atoms with Gasteiger partial charge in [-0.05, 0) is 91.8 Å². The lowest BCUT2D eigenvalue weighted by atomic mass is 9.83. The molecule has 11 heteroatoms. The molecule has 282 valence electrons. The molecule has 0 bridgehead atoms. The molecule has 3 N–H and O–H groups in total. The van der Waals surface area contributed by atoms with E-state index in [1.807, 2.05) is 60.7 Å². The van der Waals surface area contributed by atoms with Gasteiger partial charge in [0.25, 0.3) is 11.8 Å². The molecule has 0 fully saturated rings. The second kappa shape index (κ2) is 17.5. The number of carbonyl (C=O) groups excluding carboxylic acids is 4. The highest BCUT2D eigenvalue weighted by Gasteiger charge is 2.31. The second-order valence-corrected chi connectivity index (χ2v) is 15.7. The molecule has 0 unspecified atom stereocenters. The van der Waals surface area contributed by atoms with Gasteiger partial charge in [0, 0.05) is 32.7 Å². The van der Waals surface area contributed by atoms with Crippen LogP contribution in [-0.4, -0.2) is 36.1 Å². The molecular formula is C45H39N3O6S2. The molecular weight excluding hydrogens is 743 g/mol. The van der Waals surface area contributed by atoms with Crippen molar-refractivity contribution in [1.29, 1.82) is 0 Å². The summed E-state index contributed by atoms with van der Waals surface area (Å²) in [4.78, 5) is 55.1. The van der Waals surface area contributed by atoms with Crippen molar-refractivity contribution in [3.8, 4) is 11.3 Å². The van der Waals surface area contributed by atoms with Crippen LogP contribution in [0, 0.1) is 0 Å². The average Bonchev–Trinajstić information content (AvgIpc) is 3.86. The van der Waals surface area contributed by atoms with Crippen molar-refractivity contribution in [3.63, 3.8) is 0 Å². The third-order valence-corrected chi connectivity index (χ3v) is 11.7. The van der Waals surface area contributed by atoms with Crippen LogP contribution in [0.2, 0.25) is 0 Å². The Morgan fingerprint density at radius 1 is 0.839 bits per heavy atom. The number of furan rings is 1. The van der Waals surface area contributed by atoms with Gasteiger partial charge in [-0.3, -0.25) is 14.4 Å². The van der Waals surface area contributed by atoms with Gasteiger partial charge >= 0.3 is 5.97 Å². The molecule has 6 aromatic rings. The highest BCUT2D eigenvalue weighted by molar-refractivity contribution is 8.00. The van der Waals surface area contributed by atoms with E-state index < -0.39 is 23.0 Å². The van der Waals surface area contributed by atoms with Crippen LogP contribution < -0.4 is 16.0 Å². The molecule has 3 amide bonds. The summed E-state index contributed by atoms with van der Waals surface area (Å²) < 4.78 is 11.1. The van der Waals surface area contributed by atoms with Crippen LogP contribution in [-0.2, 0) is 27.2 Å². The Morgan fingerprint density at radius 2 is 1.52 bits per heavy atom. The highest BCUT2D eigenvalue weighted by Crippen LogP contribution is 2.43. The minimum atomic E-state index is -0.546. The molecule has 2 aromatic heterocycles. The lowest BCUT2D eigenvalue weighted by Gasteiger charge is -2.22. The van der Waals surface area contributed by atoms with Gasteiger partial charge in [0.1, 0.15) is 22.2 Å². The summed E-state index contributed by atoms with van der Waals surface area (Å²) in [6.45, 7) is 1.80. The number of methoxy groups -OCH3 is 1. The number of hydrogen-bond donors (Lipinski definition) is 3. The quantitative estimate of drug-likeness (QED) is 0.0641. The van der Waals surface area contributed by atoms with Crippen molar-refractivity contribution in [2.75, 3.05) is 17.7 Å². The minimum Gasteiger partial charge on any atom is -0.465 e. The van der Waals surface area contributed by atoms with Gasteiger partial charge in [-0.15, -0.1) is 23.1 Å².